The third kappa shape index (κ3) is 4.55. The summed E-state index contributed by atoms with van der Waals surface area (Å²) in [5.41, 5.74) is 1.08. The average molecular weight is 495 g/mol. The SMILES string of the molecule is CCC(c1nnnn1C(C)(C)CC)N(Cc1cccs1)Cc1cc2cc3c(cc2[nH]c1=O)OCO3. The Balaban J connectivity index is 1.54. The number of hydrogen-bond acceptors (Lipinski definition) is 8. The van der Waals surface area contributed by atoms with E-state index in [1.165, 1.54) is 4.88 Å². The van der Waals surface area contributed by atoms with Gasteiger partial charge in [0.2, 0.25) is 6.79 Å². The Kier molecular flexibility index (Phi) is 6.33. The van der Waals surface area contributed by atoms with E-state index in [1.807, 2.05) is 22.9 Å². The van der Waals surface area contributed by atoms with Gasteiger partial charge in [0.15, 0.2) is 17.3 Å². The van der Waals surface area contributed by atoms with Gasteiger partial charge in [-0.25, -0.2) is 4.68 Å². The number of aromatic amines is 1. The smallest absolute Gasteiger partial charge is 0.252 e. The number of nitrogens with zero attached hydrogens (tertiary/aromatic N) is 5. The van der Waals surface area contributed by atoms with Crippen molar-refractivity contribution in [3.05, 3.63) is 62.3 Å². The van der Waals surface area contributed by atoms with Gasteiger partial charge in [-0.15, -0.1) is 16.4 Å². The molecule has 4 aromatic rings. The molecule has 0 saturated carbocycles. The lowest BCUT2D eigenvalue weighted by Crippen LogP contribution is -2.35. The van der Waals surface area contributed by atoms with Crippen LogP contribution in [0.1, 0.15) is 62.8 Å². The summed E-state index contributed by atoms with van der Waals surface area (Å²) in [7, 11) is 0. The van der Waals surface area contributed by atoms with Crippen LogP contribution in [-0.2, 0) is 18.6 Å². The summed E-state index contributed by atoms with van der Waals surface area (Å²) in [6.45, 7) is 9.89. The molecule has 184 valence electrons. The maximum Gasteiger partial charge on any atom is 0.252 e. The third-order valence-electron chi connectivity index (χ3n) is 6.78. The van der Waals surface area contributed by atoms with Crippen LogP contribution < -0.4 is 15.0 Å². The van der Waals surface area contributed by atoms with E-state index in [1.54, 1.807) is 11.3 Å². The summed E-state index contributed by atoms with van der Waals surface area (Å²) in [5, 5.41) is 15.8. The number of nitrogens with one attached hydrogen (secondary N) is 1. The molecule has 5 rings (SSSR count). The molecule has 9 nitrogen and oxygen atoms in total. The van der Waals surface area contributed by atoms with E-state index in [9.17, 15) is 4.79 Å². The number of H-pyrrole nitrogens is 1. The van der Waals surface area contributed by atoms with Crippen molar-refractivity contribution in [2.24, 2.45) is 0 Å². The molecule has 35 heavy (non-hydrogen) atoms. The van der Waals surface area contributed by atoms with Crippen LogP contribution in [0.5, 0.6) is 11.5 Å². The van der Waals surface area contributed by atoms with E-state index in [-0.39, 0.29) is 23.9 Å². The van der Waals surface area contributed by atoms with E-state index in [2.05, 4.69) is 70.6 Å². The topological polar surface area (TPSA) is 98.2 Å². The maximum absolute atomic E-state index is 13.1. The first-order valence-electron chi connectivity index (χ1n) is 11.9. The van der Waals surface area contributed by atoms with Crippen molar-refractivity contribution in [2.75, 3.05) is 6.79 Å². The van der Waals surface area contributed by atoms with Crippen LogP contribution >= 0.6 is 11.3 Å². The van der Waals surface area contributed by atoms with E-state index >= 15 is 0 Å². The van der Waals surface area contributed by atoms with Crippen LogP contribution in [0.15, 0.2) is 40.5 Å². The highest BCUT2D eigenvalue weighted by atomic mass is 32.1. The second-order valence-corrected chi connectivity index (χ2v) is 10.5. The zero-order valence-corrected chi connectivity index (χ0v) is 21.3. The van der Waals surface area contributed by atoms with Gasteiger partial charge in [0.25, 0.3) is 5.56 Å². The van der Waals surface area contributed by atoms with Crippen LogP contribution in [-0.4, -0.2) is 36.9 Å². The fourth-order valence-electron chi connectivity index (χ4n) is 4.44. The summed E-state index contributed by atoms with van der Waals surface area (Å²) < 4.78 is 12.9. The van der Waals surface area contributed by atoms with E-state index < -0.39 is 0 Å². The summed E-state index contributed by atoms with van der Waals surface area (Å²) in [6.07, 6.45) is 1.70. The quantitative estimate of drug-likeness (QED) is 0.363. The highest BCUT2D eigenvalue weighted by Gasteiger charge is 2.31. The second kappa shape index (κ2) is 9.43. The first-order chi connectivity index (χ1) is 16.9. The summed E-state index contributed by atoms with van der Waals surface area (Å²) in [5.74, 6) is 2.16. The van der Waals surface area contributed by atoms with Gasteiger partial charge in [0.1, 0.15) is 0 Å². The summed E-state index contributed by atoms with van der Waals surface area (Å²) in [6, 6.07) is 9.79. The van der Waals surface area contributed by atoms with Crippen molar-refractivity contribution in [3.63, 3.8) is 0 Å². The highest BCUT2D eigenvalue weighted by Crippen LogP contribution is 2.36. The third-order valence-corrected chi connectivity index (χ3v) is 7.65. The number of hydrogen-bond donors (Lipinski definition) is 1. The highest BCUT2D eigenvalue weighted by molar-refractivity contribution is 7.09. The summed E-state index contributed by atoms with van der Waals surface area (Å²) >= 11 is 1.70. The molecule has 0 amide bonds. The van der Waals surface area contributed by atoms with Gasteiger partial charge in [0.05, 0.1) is 17.1 Å². The van der Waals surface area contributed by atoms with Crippen molar-refractivity contribution in [1.82, 2.24) is 30.1 Å². The van der Waals surface area contributed by atoms with E-state index in [0.717, 1.165) is 29.6 Å². The Bertz CT molecular complexity index is 1380. The zero-order chi connectivity index (χ0) is 24.6. The molecule has 0 bridgehead atoms. The van der Waals surface area contributed by atoms with Crippen LogP contribution in [0.25, 0.3) is 10.9 Å². The maximum atomic E-state index is 13.1. The minimum Gasteiger partial charge on any atom is -0.454 e. The number of benzene rings is 1. The Hall–Kier alpha value is -3.24. The van der Waals surface area contributed by atoms with Gasteiger partial charge >= 0.3 is 0 Å². The standard InChI is InChI=1S/C25H30N6O3S/c1-5-20(23-27-28-29-31(23)25(3,4)6-2)30(14-18-8-7-9-35-18)13-17-10-16-11-21-22(34-15-33-21)12-19(16)26-24(17)32/h7-12,20H,5-6,13-15H2,1-4H3,(H,26,32). The lowest BCUT2D eigenvalue weighted by atomic mass is 10.0. The largest absolute Gasteiger partial charge is 0.454 e. The van der Waals surface area contributed by atoms with Crippen LogP contribution in [0.3, 0.4) is 0 Å². The molecule has 1 aliphatic rings. The van der Waals surface area contributed by atoms with Crippen LogP contribution in [0, 0.1) is 0 Å². The van der Waals surface area contributed by atoms with Gasteiger partial charge in [-0.2, -0.15) is 0 Å². The molecular formula is C25H30N6O3S. The fraction of sp³-hybridized carbons (Fsp3) is 0.440. The number of pyridine rings is 1. The van der Waals surface area contributed by atoms with Crippen molar-refractivity contribution < 1.29 is 9.47 Å². The molecule has 4 heterocycles. The molecule has 0 aliphatic carbocycles. The fourth-order valence-corrected chi connectivity index (χ4v) is 5.17. The summed E-state index contributed by atoms with van der Waals surface area (Å²) in [4.78, 5) is 19.7. The molecule has 1 N–H and O–H groups in total. The molecule has 0 saturated heterocycles. The number of ether oxygens (including phenoxy) is 2. The van der Waals surface area contributed by atoms with Gasteiger partial charge in [-0.05, 0) is 60.7 Å². The first-order valence-corrected chi connectivity index (χ1v) is 12.8. The van der Waals surface area contributed by atoms with Gasteiger partial charge in [0, 0.05) is 35.0 Å². The molecule has 1 unspecified atom stereocenters. The lowest BCUT2D eigenvalue weighted by Gasteiger charge is -2.32. The normalized spacial score (nSPS) is 14.2. The van der Waals surface area contributed by atoms with Crippen molar-refractivity contribution in [2.45, 2.75) is 65.2 Å². The molecule has 0 radical (unpaired) electrons. The van der Waals surface area contributed by atoms with Crippen LogP contribution in [0.4, 0.5) is 0 Å². The number of aromatic nitrogens is 5. The van der Waals surface area contributed by atoms with Gasteiger partial charge in [-0.1, -0.05) is 19.9 Å². The van der Waals surface area contributed by atoms with Gasteiger partial charge < -0.3 is 14.5 Å². The molecule has 0 fully saturated rings. The molecule has 10 heteroatoms. The predicted octanol–water partition coefficient (Wildman–Crippen LogP) is 4.60. The molecule has 1 atom stereocenters. The van der Waals surface area contributed by atoms with Crippen molar-refractivity contribution in [1.29, 1.82) is 0 Å². The predicted molar refractivity (Wildman–Crippen MR) is 135 cm³/mol. The number of tetrazole rings is 1. The molecule has 3 aromatic heterocycles. The molecule has 0 spiro atoms. The zero-order valence-electron chi connectivity index (χ0n) is 20.4. The lowest BCUT2D eigenvalue weighted by molar-refractivity contribution is 0.152. The number of thiophene rings is 1. The number of rotatable bonds is 9. The van der Waals surface area contributed by atoms with Gasteiger partial charge in [-0.3, -0.25) is 9.69 Å². The van der Waals surface area contributed by atoms with Crippen LogP contribution in [0.2, 0.25) is 0 Å². The Morgan fingerprint density at radius 2 is 2.00 bits per heavy atom. The van der Waals surface area contributed by atoms with Crippen molar-refractivity contribution in [3.8, 4) is 11.5 Å². The minimum atomic E-state index is -0.219. The minimum absolute atomic E-state index is 0.0650. The van der Waals surface area contributed by atoms with Crippen molar-refractivity contribution >= 4 is 22.2 Å². The monoisotopic (exact) mass is 494 g/mol. The average Bonchev–Trinajstić information content (AvgIpc) is 3.61. The molecule has 1 aromatic carbocycles. The Morgan fingerprint density at radius 1 is 1.20 bits per heavy atom. The molecular weight excluding hydrogens is 464 g/mol. The Morgan fingerprint density at radius 3 is 2.71 bits per heavy atom. The first kappa shape index (κ1) is 23.5. The van der Waals surface area contributed by atoms with E-state index in [0.29, 0.717) is 30.2 Å². The molecule has 1 aliphatic heterocycles. The second-order valence-electron chi connectivity index (χ2n) is 9.44. The number of fused-ring (bicyclic) bond motifs is 2. The van der Waals surface area contributed by atoms with E-state index in [4.69, 9.17) is 9.47 Å². The Labute approximate surface area is 207 Å².